The Morgan fingerprint density at radius 1 is 0.974 bits per heavy atom. The molecule has 1 aliphatic rings. The quantitative estimate of drug-likeness (QED) is 0.299. The lowest BCUT2D eigenvalue weighted by Gasteiger charge is -2.34. The Kier molecular flexibility index (Phi) is 8.20. The first-order valence-corrected chi connectivity index (χ1v) is 12.7. The van der Waals surface area contributed by atoms with E-state index in [0.29, 0.717) is 47.1 Å². The molecule has 0 bridgehead atoms. The Morgan fingerprint density at radius 2 is 1.79 bits per heavy atom. The van der Waals surface area contributed by atoms with Crippen LogP contribution in [0.2, 0.25) is 0 Å². The van der Waals surface area contributed by atoms with Gasteiger partial charge >= 0.3 is 0 Å². The zero-order valence-corrected chi connectivity index (χ0v) is 21.6. The van der Waals surface area contributed by atoms with Crippen LogP contribution >= 0.6 is 0 Å². The van der Waals surface area contributed by atoms with Crippen molar-refractivity contribution in [2.75, 3.05) is 62.0 Å². The van der Waals surface area contributed by atoms with Crippen LogP contribution in [0.3, 0.4) is 0 Å². The number of aliphatic hydroxyl groups excluding tert-OH is 1. The number of piperazine rings is 1. The van der Waals surface area contributed by atoms with E-state index in [0.717, 1.165) is 31.7 Å². The van der Waals surface area contributed by atoms with Crippen LogP contribution in [0.5, 0.6) is 5.75 Å². The van der Waals surface area contributed by atoms with Gasteiger partial charge in [-0.1, -0.05) is 30.3 Å². The van der Waals surface area contributed by atoms with Crippen LogP contribution in [0.15, 0.2) is 72.9 Å². The summed E-state index contributed by atoms with van der Waals surface area (Å²) in [6.07, 6.45) is 1.51. The van der Waals surface area contributed by atoms with Gasteiger partial charge in [-0.25, -0.2) is 4.98 Å². The molecule has 11 nitrogen and oxygen atoms in total. The number of carbonyl (C=O) groups is 1. The van der Waals surface area contributed by atoms with Gasteiger partial charge in [-0.3, -0.25) is 9.69 Å². The molecule has 3 N–H and O–H groups in total. The topological polar surface area (TPSA) is 129 Å². The van der Waals surface area contributed by atoms with Gasteiger partial charge < -0.3 is 25.4 Å². The van der Waals surface area contributed by atoms with Crippen molar-refractivity contribution in [3.63, 3.8) is 0 Å². The van der Waals surface area contributed by atoms with Crippen LogP contribution in [0.4, 0.5) is 23.4 Å². The van der Waals surface area contributed by atoms with Crippen LogP contribution in [-0.4, -0.2) is 82.3 Å². The van der Waals surface area contributed by atoms with Crippen molar-refractivity contribution in [2.45, 2.75) is 0 Å². The standard InChI is InChI=1S/C28H30N8O3/c1-39-23-9-5-6-20(18-23)25-32-27(34-28(33-25)36-14-12-35(13-15-36)16-17-37)31-24-11-10-21(19-29-24)26(38)30-22-7-3-2-4-8-22/h2-11,18-19,37H,12-17H2,1H3,(H,30,38)(H,29,31,32,33,34). The SMILES string of the molecule is COc1cccc(-c2nc(Nc3ccc(C(=O)Nc4ccccc4)cn3)nc(N3CCN(CCO)CC3)n2)c1. The minimum atomic E-state index is -0.247. The molecule has 2 aromatic carbocycles. The number of ether oxygens (including phenoxy) is 1. The number of para-hydroxylation sites is 1. The van der Waals surface area contributed by atoms with E-state index >= 15 is 0 Å². The number of benzene rings is 2. The molecule has 1 aliphatic heterocycles. The van der Waals surface area contributed by atoms with Crippen molar-refractivity contribution in [1.29, 1.82) is 0 Å². The number of anilines is 4. The second-order valence-electron chi connectivity index (χ2n) is 8.94. The number of aromatic nitrogens is 4. The number of rotatable bonds is 9. The lowest BCUT2D eigenvalue weighted by Crippen LogP contribution is -2.47. The minimum absolute atomic E-state index is 0.138. The number of hydrogen-bond acceptors (Lipinski definition) is 10. The molecule has 3 heterocycles. The monoisotopic (exact) mass is 526 g/mol. The molecule has 4 aromatic rings. The summed E-state index contributed by atoms with van der Waals surface area (Å²) in [4.78, 5) is 35.4. The average molecular weight is 527 g/mol. The van der Waals surface area contributed by atoms with Crippen LogP contribution in [0.25, 0.3) is 11.4 Å². The highest BCUT2D eigenvalue weighted by Crippen LogP contribution is 2.25. The number of aliphatic hydroxyl groups is 1. The lowest BCUT2D eigenvalue weighted by molar-refractivity contribution is 0.102. The minimum Gasteiger partial charge on any atom is -0.497 e. The molecule has 0 atom stereocenters. The Bertz CT molecular complexity index is 1390. The number of pyridine rings is 1. The van der Waals surface area contributed by atoms with Gasteiger partial charge in [-0.15, -0.1) is 0 Å². The molecule has 1 fully saturated rings. The highest BCUT2D eigenvalue weighted by molar-refractivity contribution is 6.04. The van der Waals surface area contributed by atoms with Crippen molar-refractivity contribution >= 4 is 29.3 Å². The summed E-state index contributed by atoms with van der Waals surface area (Å²) in [5.41, 5.74) is 1.93. The van der Waals surface area contributed by atoms with Gasteiger partial charge in [0.1, 0.15) is 11.6 Å². The van der Waals surface area contributed by atoms with E-state index in [-0.39, 0.29) is 12.5 Å². The zero-order valence-electron chi connectivity index (χ0n) is 21.6. The maximum Gasteiger partial charge on any atom is 0.257 e. The second-order valence-corrected chi connectivity index (χ2v) is 8.94. The lowest BCUT2D eigenvalue weighted by atomic mass is 10.2. The molecule has 39 heavy (non-hydrogen) atoms. The Balaban J connectivity index is 1.37. The molecular formula is C28H30N8O3. The number of β-amino-alcohol motifs (C(OH)–C–C–N with tert-alkyl or cyclic N) is 1. The van der Waals surface area contributed by atoms with E-state index in [1.165, 1.54) is 6.20 Å². The van der Waals surface area contributed by atoms with E-state index in [1.807, 2.05) is 54.6 Å². The number of hydrogen-bond donors (Lipinski definition) is 3. The highest BCUT2D eigenvalue weighted by Gasteiger charge is 2.21. The van der Waals surface area contributed by atoms with E-state index in [4.69, 9.17) is 9.72 Å². The number of nitrogens with zero attached hydrogens (tertiary/aromatic N) is 6. The maximum atomic E-state index is 12.6. The summed E-state index contributed by atoms with van der Waals surface area (Å²) in [6, 6.07) is 20.2. The fourth-order valence-corrected chi connectivity index (χ4v) is 4.21. The van der Waals surface area contributed by atoms with Crippen LogP contribution in [0, 0.1) is 0 Å². The molecule has 2 aromatic heterocycles. The van der Waals surface area contributed by atoms with Crippen molar-refractivity contribution in [3.8, 4) is 17.1 Å². The summed E-state index contributed by atoms with van der Waals surface area (Å²) in [7, 11) is 1.62. The number of methoxy groups -OCH3 is 1. The third kappa shape index (κ3) is 6.64. The Morgan fingerprint density at radius 3 is 2.51 bits per heavy atom. The molecule has 11 heteroatoms. The number of carbonyl (C=O) groups excluding carboxylic acids is 1. The Hall–Kier alpha value is -4.61. The van der Waals surface area contributed by atoms with Crippen molar-refractivity contribution < 1.29 is 14.6 Å². The first-order chi connectivity index (χ1) is 19.1. The summed E-state index contributed by atoms with van der Waals surface area (Å²) < 4.78 is 5.39. The van der Waals surface area contributed by atoms with E-state index in [9.17, 15) is 9.90 Å². The summed E-state index contributed by atoms with van der Waals surface area (Å²) >= 11 is 0. The van der Waals surface area contributed by atoms with E-state index < -0.39 is 0 Å². The van der Waals surface area contributed by atoms with Crippen LogP contribution in [0.1, 0.15) is 10.4 Å². The molecular weight excluding hydrogens is 496 g/mol. The van der Waals surface area contributed by atoms with Gasteiger partial charge in [0.2, 0.25) is 11.9 Å². The number of nitrogens with one attached hydrogen (secondary N) is 2. The highest BCUT2D eigenvalue weighted by atomic mass is 16.5. The Labute approximate surface area is 226 Å². The smallest absolute Gasteiger partial charge is 0.257 e. The largest absolute Gasteiger partial charge is 0.497 e. The molecule has 0 spiro atoms. The zero-order chi connectivity index (χ0) is 27.0. The predicted octanol–water partition coefficient (Wildman–Crippen LogP) is 3.05. The maximum absolute atomic E-state index is 12.6. The molecule has 5 rings (SSSR count). The molecule has 0 saturated carbocycles. The van der Waals surface area contributed by atoms with E-state index in [1.54, 1.807) is 19.2 Å². The molecule has 200 valence electrons. The van der Waals surface area contributed by atoms with Crippen molar-refractivity contribution in [2.24, 2.45) is 0 Å². The number of amides is 1. The summed E-state index contributed by atoms with van der Waals surface area (Å²) in [5, 5.41) is 15.3. The fourth-order valence-electron chi connectivity index (χ4n) is 4.21. The second kappa shape index (κ2) is 12.3. The van der Waals surface area contributed by atoms with Gasteiger partial charge in [0.05, 0.1) is 19.3 Å². The van der Waals surface area contributed by atoms with Crippen LogP contribution < -0.4 is 20.3 Å². The summed E-state index contributed by atoms with van der Waals surface area (Å²) in [5.74, 6) is 2.33. The van der Waals surface area contributed by atoms with Gasteiger partial charge in [0.15, 0.2) is 5.82 Å². The third-order valence-corrected chi connectivity index (χ3v) is 6.32. The average Bonchev–Trinajstić information content (AvgIpc) is 2.98. The molecule has 1 amide bonds. The van der Waals surface area contributed by atoms with Gasteiger partial charge in [-0.05, 0) is 36.4 Å². The van der Waals surface area contributed by atoms with Gasteiger partial charge in [0.25, 0.3) is 5.91 Å². The van der Waals surface area contributed by atoms with Crippen LogP contribution in [-0.2, 0) is 0 Å². The summed E-state index contributed by atoms with van der Waals surface area (Å²) in [6.45, 7) is 3.85. The molecule has 0 radical (unpaired) electrons. The third-order valence-electron chi connectivity index (χ3n) is 6.32. The first-order valence-electron chi connectivity index (χ1n) is 12.7. The van der Waals surface area contributed by atoms with Gasteiger partial charge in [-0.2, -0.15) is 15.0 Å². The molecule has 0 unspecified atom stereocenters. The first kappa shape index (κ1) is 26.0. The predicted molar refractivity (Wildman–Crippen MR) is 149 cm³/mol. The molecule has 1 saturated heterocycles. The van der Waals surface area contributed by atoms with E-state index in [2.05, 4.69) is 35.4 Å². The van der Waals surface area contributed by atoms with Crippen molar-refractivity contribution in [1.82, 2.24) is 24.8 Å². The fraction of sp³-hybridized carbons (Fsp3) is 0.250. The van der Waals surface area contributed by atoms with Gasteiger partial charge in [0, 0.05) is 50.2 Å². The van der Waals surface area contributed by atoms with Crippen molar-refractivity contribution in [3.05, 3.63) is 78.5 Å². The molecule has 0 aliphatic carbocycles. The normalized spacial score (nSPS) is 13.6.